The van der Waals surface area contributed by atoms with E-state index in [4.69, 9.17) is 17.0 Å². The number of thioether (sulfide) groups is 1. The van der Waals surface area contributed by atoms with E-state index in [1.54, 1.807) is 9.47 Å². The van der Waals surface area contributed by atoms with Crippen LogP contribution < -0.4 is 10.5 Å². The van der Waals surface area contributed by atoms with Crippen molar-refractivity contribution in [3.63, 3.8) is 0 Å². The maximum atomic E-state index is 13.4. The first-order chi connectivity index (χ1) is 16.8. The van der Waals surface area contributed by atoms with Gasteiger partial charge in [-0.05, 0) is 57.1 Å². The van der Waals surface area contributed by atoms with Crippen LogP contribution >= 0.6 is 24.0 Å². The molecule has 2 aliphatic rings. The molecule has 0 saturated carbocycles. The molecule has 0 spiro atoms. The summed E-state index contributed by atoms with van der Waals surface area (Å²) in [5, 5.41) is 9.84. The van der Waals surface area contributed by atoms with Gasteiger partial charge in [-0.25, -0.2) is 0 Å². The molecule has 1 aromatic rings. The topological polar surface area (TPSA) is 78.6 Å². The number of hydrogen-bond donors (Lipinski definition) is 0. The minimum Gasteiger partial charge on any atom is -0.382 e. The second-order valence-corrected chi connectivity index (χ2v) is 10.9. The first-order valence-corrected chi connectivity index (χ1v) is 13.8. The monoisotopic (exact) mass is 516 g/mol. The number of ether oxygens (including phenoxy) is 1. The number of nitrogens with zero attached hydrogens (tertiary/aromatic N) is 4. The zero-order valence-electron chi connectivity index (χ0n) is 21.3. The summed E-state index contributed by atoms with van der Waals surface area (Å²) in [4.78, 5) is 31.1. The van der Waals surface area contributed by atoms with Crippen molar-refractivity contribution >= 4 is 46.1 Å². The largest absolute Gasteiger partial charge is 0.382 e. The Hall–Kier alpha value is -2.15. The number of carbonyl (C=O) groups is 1. The summed E-state index contributed by atoms with van der Waals surface area (Å²) >= 11 is 6.80. The number of hydrogen-bond acceptors (Lipinski definition) is 7. The molecular formula is C26H36N4O3S2. The summed E-state index contributed by atoms with van der Waals surface area (Å²) in [5.41, 5.74) is 1.31. The summed E-state index contributed by atoms with van der Waals surface area (Å²) in [6.07, 6.45) is 6.43. The lowest BCUT2D eigenvalue weighted by atomic mass is 9.97. The van der Waals surface area contributed by atoms with Gasteiger partial charge in [-0.1, -0.05) is 44.2 Å². The fraction of sp³-hybridized carbons (Fsp3) is 0.615. The average Bonchev–Trinajstić information content (AvgIpc) is 3.11. The Labute approximate surface area is 218 Å². The van der Waals surface area contributed by atoms with E-state index in [0.717, 1.165) is 50.2 Å². The lowest BCUT2D eigenvalue weighted by Crippen LogP contribution is -2.39. The van der Waals surface area contributed by atoms with E-state index in [1.165, 1.54) is 11.8 Å². The molecule has 0 radical (unpaired) electrons. The maximum Gasteiger partial charge on any atom is 0.270 e. The van der Waals surface area contributed by atoms with Crippen LogP contribution in [0, 0.1) is 24.2 Å². The number of aromatic nitrogens is 1. The van der Waals surface area contributed by atoms with Crippen LogP contribution in [0.2, 0.25) is 0 Å². The van der Waals surface area contributed by atoms with Crippen molar-refractivity contribution in [2.24, 2.45) is 5.92 Å². The van der Waals surface area contributed by atoms with Gasteiger partial charge in [0.2, 0.25) is 0 Å². The van der Waals surface area contributed by atoms with E-state index < -0.39 is 0 Å². The van der Waals surface area contributed by atoms with Gasteiger partial charge in [0, 0.05) is 45.0 Å². The van der Waals surface area contributed by atoms with Gasteiger partial charge in [0.25, 0.3) is 11.5 Å². The third-order valence-corrected chi connectivity index (χ3v) is 8.07. The average molecular weight is 517 g/mol. The number of amides is 1. The minimum atomic E-state index is -0.243. The van der Waals surface area contributed by atoms with Gasteiger partial charge in [0.1, 0.15) is 21.8 Å². The molecule has 0 bridgehead atoms. The third kappa shape index (κ3) is 6.16. The quantitative estimate of drug-likeness (QED) is 0.254. The Morgan fingerprint density at radius 1 is 1.20 bits per heavy atom. The SMILES string of the molecule is CCCCn1c(N2CCC(C)CC2)c(/C=C2\SC(=S)N(CCCOCC)C2=O)c(C)c(C#N)c1=O. The predicted molar refractivity (Wildman–Crippen MR) is 147 cm³/mol. The number of pyridine rings is 1. The van der Waals surface area contributed by atoms with Crippen LogP contribution in [0.4, 0.5) is 5.82 Å². The molecule has 0 aromatic carbocycles. The highest BCUT2D eigenvalue weighted by molar-refractivity contribution is 8.26. The Balaban J connectivity index is 2.08. The molecule has 9 heteroatoms. The molecule has 1 aromatic heterocycles. The summed E-state index contributed by atoms with van der Waals surface area (Å²) in [7, 11) is 0. The second-order valence-electron chi connectivity index (χ2n) is 9.21. The van der Waals surface area contributed by atoms with Crippen LogP contribution in [0.3, 0.4) is 0 Å². The highest BCUT2D eigenvalue weighted by atomic mass is 32.2. The normalized spacial score (nSPS) is 18.1. The van der Waals surface area contributed by atoms with E-state index in [9.17, 15) is 14.9 Å². The Kier molecular flexibility index (Phi) is 9.96. The van der Waals surface area contributed by atoms with Crippen molar-refractivity contribution in [1.29, 1.82) is 5.26 Å². The molecule has 0 N–H and O–H groups in total. The minimum absolute atomic E-state index is 0.126. The molecular weight excluding hydrogens is 480 g/mol. The van der Waals surface area contributed by atoms with Gasteiger partial charge in [-0.2, -0.15) is 5.26 Å². The van der Waals surface area contributed by atoms with Gasteiger partial charge >= 0.3 is 0 Å². The summed E-state index contributed by atoms with van der Waals surface area (Å²) in [6, 6.07) is 2.13. The highest BCUT2D eigenvalue weighted by Crippen LogP contribution is 2.36. The van der Waals surface area contributed by atoms with Crippen molar-refractivity contribution in [1.82, 2.24) is 9.47 Å². The number of thiocarbonyl (C=S) groups is 1. The lowest BCUT2D eigenvalue weighted by Gasteiger charge is -2.35. The van der Waals surface area contributed by atoms with Crippen LogP contribution in [0.25, 0.3) is 6.08 Å². The smallest absolute Gasteiger partial charge is 0.270 e. The molecule has 2 aliphatic heterocycles. The van der Waals surface area contributed by atoms with Gasteiger partial charge < -0.3 is 9.64 Å². The number of rotatable bonds is 10. The lowest BCUT2D eigenvalue weighted by molar-refractivity contribution is -0.122. The Bertz CT molecular complexity index is 1080. The van der Waals surface area contributed by atoms with Crippen molar-refractivity contribution in [3.05, 3.63) is 31.9 Å². The highest BCUT2D eigenvalue weighted by Gasteiger charge is 2.33. The van der Waals surface area contributed by atoms with Gasteiger partial charge in [-0.3, -0.25) is 19.1 Å². The fourth-order valence-corrected chi connectivity index (χ4v) is 5.81. The van der Waals surface area contributed by atoms with Crippen LogP contribution in [-0.4, -0.2) is 52.5 Å². The molecule has 0 atom stereocenters. The molecule has 3 heterocycles. The third-order valence-electron chi connectivity index (χ3n) is 6.69. The van der Waals surface area contributed by atoms with Crippen LogP contribution in [0.5, 0.6) is 0 Å². The molecule has 35 heavy (non-hydrogen) atoms. The standard InChI is InChI=1S/C26H36N4O3S2/c1-5-7-11-29-23(28-13-9-18(3)10-14-28)20(19(4)21(17-27)24(29)31)16-22-25(32)30(26(34)35-22)12-8-15-33-6-2/h16,18H,5-15H2,1-4H3/b22-16-. The first kappa shape index (κ1) is 27.4. The molecule has 3 rings (SSSR count). The van der Waals surface area contributed by atoms with Crippen LogP contribution in [0.15, 0.2) is 9.70 Å². The van der Waals surface area contributed by atoms with E-state index >= 15 is 0 Å². The predicted octanol–water partition coefficient (Wildman–Crippen LogP) is 4.69. The summed E-state index contributed by atoms with van der Waals surface area (Å²) < 4.78 is 7.70. The van der Waals surface area contributed by atoms with Crippen molar-refractivity contribution < 1.29 is 9.53 Å². The van der Waals surface area contributed by atoms with Crippen LogP contribution in [-0.2, 0) is 16.1 Å². The molecule has 190 valence electrons. The summed E-state index contributed by atoms with van der Waals surface area (Å²) in [6.45, 7) is 12.1. The van der Waals surface area contributed by atoms with Crippen molar-refractivity contribution in [2.75, 3.05) is 37.7 Å². The summed E-state index contributed by atoms with van der Waals surface area (Å²) in [5.74, 6) is 1.34. The molecule has 0 aliphatic carbocycles. The second kappa shape index (κ2) is 12.7. The Morgan fingerprint density at radius 2 is 1.91 bits per heavy atom. The number of unbranched alkanes of at least 4 members (excludes halogenated alkanes) is 1. The molecule has 7 nitrogen and oxygen atoms in total. The van der Waals surface area contributed by atoms with E-state index in [-0.39, 0.29) is 17.0 Å². The number of piperidine rings is 1. The zero-order chi connectivity index (χ0) is 25.5. The van der Waals surface area contributed by atoms with E-state index in [1.807, 2.05) is 19.9 Å². The zero-order valence-corrected chi connectivity index (χ0v) is 22.9. The molecule has 2 saturated heterocycles. The maximum absolute atomic E-state index is 13.4. The molecule has 2 fully saturated rings. The number of carbonyl (C=O) groups excluding carboxylic acids is 1. The van der Waals surface area contributed by atoms with Gasteiger partial charge in [0.15, 0.2) is 0 Å². The van der Waals surface area contributed by atoms with Gasteiger partial charge in [-0.15, -0.1) is 0 Å². The molecule has 0 unspecified atom stereocenters. The van der Waals surface area contributed by atoms with Crippen molar-refractivity contribution in [2.45, 2.75) is 66.3 Å². The fourth-order valence-electron chi connectivity index (χ4n) is 4.52. The van der Waals surface area contributed by atoms with Crippen molar-refractivity contribution in [3.8, 4) is 6.07 Å². The Morgan fingerprint density at radius 3 is 2.54 bits per heavy atom. The van der Waals surface area contributed by atoms with E-state index in [0.29, 0.717) is 53.4 Å². The molecule has 1 amide bonds. The van der Waals surface area contributed by atoms with Crippen LogP contribution in [0.1, 0.15) is 69.6 Å². The van der Waals surface area contributed by atoms with Gasteiger partial charge in [0.05, 0.1) is 4.91 Å². The van der Waals surface area contributed by atoms with E-state index in [2.05, 4.69) is 24.8 Å². The first-order valence-electron chi connectivity index (χ1n) is 12.6. The number of nitriles is 1. The number of anilines is 1.